The van der Waals surface area contributed by atoms with Crippen LogP contribution in [0.1, 0.15) is 105 Å². The summed E-state index contributed by atoms with van der Waals surface area (Å²) in [5.74, 6) is 1.66. The molecule has 5 heterocycles. The molecule has 0 radical (unpaired) electrons. The van der Waals surface area contributed by atoms with Gasteiger partial charge in [0.1, 0.15) is 11.5 Å². The van der Waals surface area contributed by atoms with Gasteiger partial charge < -0.3 is 29.4 Å². The second-order valence-corrected chi connectivity index (χ2v) is 13.6. The molecule has 1 aliphatic rings. The van der Waals surface area contributed by atoms with Crippen LogP contribution in [0.2, 0.25) is 0 Å². The number of benzene rings is 2. The van der Waals surface area contributed by atoms with Gasteiger partial charge in [0, 0.05) is 55.3 Å². The molecule has 4 aromatic heterocycles. The van der Waals surface area contributed by atoms with E-state index in [2.05, 4.69) is 118 Å². The van der Waals surface area contributed by atoms with E-state index in [0.29, 0.717) is 0 Å². The number of methoxy groups -OCH3 is 2. The van der Waals surface area contributed by atoms with E-state index in [1.807, 2.05) is 12.1 Å². The highest BCUT2D eigenvalue weighted by Gasteiger charge is 2.16. The van der Waals surface area contributed by atoms with Gasteiger partial charge in [0.25, 0.3) is 0 Å². The maximum Gasteiger partial charge on any atom is 0.119 e. The first-order chi connectivity index (χ1) is 25.1. The summed E-state index contributed by atoms with van der Waals surface area (Å²) in [5.41, 5.74) is 9.90. The van der Waals surface area contributed by atoms with Crippen LogP contribution in [0.3, 0.4) is 0 Å². The third-order valence-corrected chi connectivity index (χ3v) is 10.1. The number of unbranched alkanes of at least 4 members (excludes halogenated alkanes) is 8. The SMILES string of the molecule is CCCCCCCCCCCC1=c2ccc([nH]2)=C(c2cccc(OC)c2)c2ccc([nH]2)C=c2ccc([nH]2)=C(c2cccc(OC)c2)c2ccc1[nH]2. The van der Waals surface area contributed by atoms with Crippen LogP contribution in [-0.2, 0) is 0 Å². The van der Waals surface area contributed by atoms with Crippen molar-refractivity contribution in [1.82, 2.24) is 19.9 Å². The Morgan fingerprint density at radius 3 is 1.75 bits per heavy atom. The maximum atomic E-state index is 5.65. The van der Waals surface area contributed by atoms with Gasteiger partial charge in [0.15, 0.2) is 0 Å². The Morgan fingerprint density at radius 1 is 0.490 bits per heavy atom. The van der Waals surface area contributed by atoms with E-state index < -0.39 is 0 Å². The molecule has 4 N–H and O–H groups in total. The third-order valence-electron chi connectivity index (χ3n) is 10.1. The van der Waals surface area contributed by atoms with Crippen molar-refractivity contribution in [3.8, 4) is 11.5 Å². The molecule has 6 heteroatoms. The normalized spacial score (nSPS) is 12.6. The lowest BCUT2D eigenvalue weighted by Gasteiger charge is -2.10. The Balaban J connectivity index is 1.37. The number of ether oxygens (including phenoxy) is 2. The smallest absolute Gasteiger partial charge is 0.119 e. The van der Waals surface area contributed by atoms with Crippen molar-refractivity contribution in [2.24, 2.45) is 0 Å². The summed E-state index contributed by atoms with van der Waals surface area (Å²) in [4.78, 5) is 15.2. The topological polar surface area (TPSA) is 81.6 Å². The molecule has 8 bridgehead atoms. The van der Waals surface area contributed by atoms with Crippen molar-refractivity contribution in [2.75, 3.05) is 14.2 Å². The highest BCUT2D eigenvalue weighted by atomic mass is 16.5. The zero-order valence-corrected chi connectivity index (χ0v) is 30.2. The average Bonchev–Trinajstić information content (AvgIpc) is 4.00. The van der Waals surface area contributed by atoms with Gasteiger partial charge in [-0.2, -0.15) is 0 Å². The van der Waals surface area contributed by atoms with Crippen molar-refractivity contribution >= 4 is 22.8 Å². The van der Waals surface area contributed by atoms with Crippen molar-refractivity contribution in [3.05, 3.63) is 152 Å². The molecule has 262 valence electrons. The lowest BCUT2D eigenvalue weighted by molar-refractivity contribution is 0.414. The molecule has 0 spiro atoms. The first-order valence-corrected chi connectivity index (χ1v) is 18.6. The van der Waals surface area contributed by atoms with E-state index in [-0.39, 0.29) is 0 Å². The minimum Gasteiger partial charge on any atom is -0.497 e. The summed E-state index contributed by atoms with van der Waals surface area (Å²) >= 11 is 0. The van der Waals surface area contributed by atoms with Crippen LogP contribution >= 0.6 is 0 Å². The zero-order chi connectivity index (χ0) is 35.0. The first-order valence-electron chi connectivity index (χ1n) is 18.6. The van der Waals surface area contributed by atoms with Gasteiger partial charge in [-0.1, -0.05) is 82.6 Å². The van der Waals surface area contributed by atoms with Crippen LogP contribution in [0, 0.1) is 0 Å². The minimum absolute atomic E-state index is 0.829. The number of nitrogens with one attached hydrogen (secondary N) is 4. The van der Waals surface area contributed by atoms with E-state index in [1.54, 1.807) is 14.2 Å². The van der Waals surface area contributed by atoms with Gasteiger partial charge in [-0.25, -0.2) is 0 Å². The standard InChI is InChI=1S/C45H50N4O2/c1-4-5-6-7-8-9-10-11-12-19-37-38-24-26-42(48-38)44(31-15-13-17-35(28-31)50-2)40-22-20-33(46-40)30-34-21-23-41(47-34)45(43-27-25-39(37)49-43)32-16-14-18-36(29-32)51-3/h13-18,20-30,46-49H,4-12,19H2,1-3H3. The quantitative estimate of drug-likeness (QED) is 0.0889. The van der Waals surface area contributed by atoms with E-state index in [9.17, 15) is 0 Å². The molecule has 0 saturated carbocycles. The maximum absolute atomic E-state index is 5.65. The van der Waals surface area contributed by atoms with Crippen LogP contribution in [0.5, 0.6) is 11.5 Å². The van der Waals surface area contributed by atoms with E-state index >= 15 is 0 Å². The number of aromatic amines is 4. The Kier molecular flexibility index (Phi) is 10.8. The Hall–Kier alpha value is -5.36. The van der Waals surface area contributed by atoms with E-state index in [0.717, 1.165) is 90.8 Å². The predicted octanol–water partition coefficient (Wildman–Crippen LogP) is 7.77. The number of aromatic nitrogens is 4. The molecule has 2 aromatic carbocycles. The minimum atomic E-state index is 0.829. The van der Waals surface area contributed by atoms with Crippen molar-refractivity contribution in [3.63, 3.8) is 0 Å². The van der Waals surface area contributed by atoms with Crippen molar-refractivity contribution in [1.29, 1.82) is 0 Å². The Bertz CT molecular complexity index is 2330. The van der Waals surface area contributed by atoms with Crippen LogP contribution in [-0.4, -0.2) is 34.2 Å². The van der Waals surface area contributed by atoms with E-state index in [1.165, 1.54) is 56.9 Å². The fourth-order valence-electron chi connectivity index (χ4n) is 7.38. The molecule has 0 saturated heterocycles. The monoisotopic (exact) mass is 678 g/mol. The molecule has 7 rings (SSSR count). The van der Waals surface area contributed by atoms with Crippen molar-refractivity contribution < 1.29 is 9.47 Å². The molecule has 0 atom stereocenters. The van der Waals surface area contributed by atoms with Crippen molar-refractivity contribution in [2.45, 2.75) is 71.1 Å². The lowest BCUT2D eigenvalue weighted by Crippen LogP contribution is -2.17. The molecule has 0 amide bonds. The highest BCUT2D eigenvalue weighted by Crippen LogP contribution is 2.28. The molecule has 0 unspecified atom stereocenters. The molecular formula is C45H50N4O2. The molecule has 1 aliphatic heterocycles. The van der Waals surface area contributed by atoms with Gasteiger partial charge >= 0.3 is 0 Å². The van der Waals surface area contributed by atoms with Gasteiger partial charge in [0.05, 0.1) is 14.2 Å². The number of hydrogen-bond acceptors (Lipinski definition) is 2. The van der Waals surface area contributed by atoms with E-state index in [4.69, 9.17) is 9.47 Å². The summed E-state index contributed by atoms with van der Waals surface area (Å²) in [6.45, 7) is 2.28. The fourth-order valence-corrected chi connectivity index (χ4v) is 7.38. The second-order valence-electron chi connectivity index (χ2n) is 13.6. The largest absolute Gasteiger partial charge is 0.497 e. The van der Waals surface area contributed by atoms with Gasteiger partial charge in [0.2, 0.25) is 0 Å². The number of hydrogen-bond donors (Lipinski definition) is 4. The Morgan fingerprint density at radius 2 is 1.06 bits per heavy atom. The predicted molar refractivity (Wildman–Crippen MR) is 209 cm³/mol. The van der Waals surface area contributed by atoms with Crippen LogP contribution in [0.4, 0.5) is 0 Å². The molecule has 51 heavy (non-hydrogen) atoms. The lowest BCUT2D eigenvalue weighted by atomic mass is 10.0. The van der Waals surface area contributed by atoms with Gasteiger partial charge in [-0.3, -0.25) is 0 Å². The van der Waals surface area contributed by atoms with Crippen LogP contribution in [0.25, 0.3) is 22.8 Å². The summed E-state index contributed by atoms with van der Waals surface area (Å²) in [6.07, 6.45) is 14.9. The number of H-pyrrole nitrogens is 4. The first kappa shape index (κ1) is 34.1. The summed E-state index contributed by atoms with van der Waals surface area (Å²) in [7, 11) is 3.44. The number of rotatable bonds is 14. The zero-order valence-electron chi connectivity index (χ0n) is 30.2. The van der Waals surface area contributed by atoms with Gasteiger partial charge in [-0.05, 0) is 108 Å². The van der Waals surface area contributed by atoms with Gasteiger partial charge in [-0.15, -0.1) is 0 Å². The summed E-state index contributed by atoms with van der Waals surface area (Å²) in [6, 6.07) is 34.2. The van der Waals surface area contributed by atoms with Crippen LogP contribution < -0.4 is 30.9 Å². The summed E-state index contributed by atoms with van der Waals surface area (Å²) < 4.78 is 11.3. The highest BCUT2D eigenvalue weighted by molar-refractivity contribution is 5.80. The second kappa shape index (κ2) is 16.1. The summed E-state index contributed by atoms with van der Waals surface area (Å²) in [5, 5.41) is 4.24. The molecule has 0 fully saturated rings. The average molecular weight is 679 g/mol. The fraction of sp³-hybridized carbons (Fsp3) is 0.289. The Labute approximate surface area is 300 Å². The molecule has 0 aliphatic carbocycles. The molecular weight excluding hydrogens is 629 g/mol. The molecule has 6 aromatic rings. The van der Waals surface area contributed by atoms with Crippen LogP contribution in [0.15, 0.2) is 97.1 Å². The number of fused-ring (bicyclic) bond motifs is 8. The third kappa shape index (κ3) is 7.86. The molecule has 6 nitrogen and oxygen atoms in total.